The zero-order valence-corrected chi connectivity index (χ0v) is 80.5. The number of aromatic nitrogens is 23. The Morgan fingerprint density at radius 3 is 1.18 bits per heavy atom. The molecule has 145 heavy (non-hydrogen) atoms. The summed E-state index contributed by atoms with van der Waals surface area (Å²) in [4.78, 5) is 114. The van der Waals surface area contributed by atoms with Crippen LogP contribution in [0.4, 0.5) is 76.3 Å². The SMILES string of the molecule is Cc1cccc(NC(=O)c2ccc(C)c(Nc3nc(-c4cccnc4)nc4c3cnn4C)c2)c1.Cc1cccc(NC(=O)c2ccc(C)c(Nc3nc(-c4cnccn4)nc4nn(C)cc34)c2)c1.Cc1cccc(NC(=O)c2ccc(C)c(Nc3nc(-c4cncnc4)nc4c3cnn4C)c2)c1.Cc1ccn(-c2cc(CC(=O)c3ccc(C)c(Nc4nc(-c5cccnc5)nc5c4cnn5C)c3)cc(C(F)(F)F)c2)c1. The molecule has 0 atom stereocenters. The van der Waals surface area contributed by atoms with E-state index >= 15 is 0 Å². The Labute approximate surface area is 828 Å². The highest BCUT2D eigenvalue weighted by molar-refractivity contribution is 6.08. The Bertz CT molecular complexity index is 8070. The first-order valence-corrected chi connectivity index (χ1v) is 45.6. The lowest BCUT2D eigenvalue weighted by atomic mass is 9.99. The van der Waals surface area contributed by atoms with Crippen LogP contribution >= 0.6 is 0 Å². The average molecular weight is 1930 g/mol. The third-order valence-corrected chi connectivity index (χ3v) is 23.4. The normalized spacial score (nSPS) is 11.1. The molecular formula is C108H93F3N30O4. The smallest absolute Gasteiger partial charge is 0.339 e. The maximum Gasteiger partial charge on any atom is 0.416 e. The van der Waals surface area contributed by atoms with Crippen molar-refractivity contribution >= 4 is 131 Å². The zero-order chi connectivity index (χ0) is 101. The number of nitrogens with one attached hydrogen (secondary N) is 7. The number of amides is 3. The molecule has 21 aromatic rings. The molecular weight excluding hydrogens is 1840 g/mol. The molecule has 13 heterocycles. The summed E-state index contributed by atoms with van der Waals surface area (Å²) < 4.78 is 49.6. The highest BCUT2D eigenvalue weighted by Gasteiger charge is 2.32. The Hall–Kier alpha value is -19.2. The number of Topliss-reactive ketones (excluding diaryl/α,β-unsaturated/α-hetero) is 1. The first-order valence-electron chi connectivity index (χ1n) is 45.6. The molecule has 3 amide bonds. The van der Waals surface area contributed by atoms with E-state index in [1.165, 1.54) is 6.33 Å². The molecule has 7 N–H and O–H groups in total. The molecule has 8 aromatic carbocycles. The molecule has 37 heteroatoms. The number of pyridine rings is 2. The number of halogens is 3. The minimum Gasteiger partial charge on any atom is -0.339 e. The van der Waals surface area contributed by atoms with Crippen LogP contribution in [0, 0.1) is 55.4 Å². The van der Waals surface area contributed by atoms with Crippen molar-refractivity contribution in [3.63, 3.8) is 0 Å². The number of ketones is 1. The molecule has 13 aromatic heterocycles. The van der Waals surface area contributed by atoms with Crippen molar-refractivity contribution in [3.8, 4) is 51.4 Å². The van der Waals surface area contributed by atoms with Crippen LogP contribution in [0.2, 0.25) is 0 Å². The van der Waals surface area contributed by atoms with E-state index in [-0.39, 0.29) is 35.5 Å². The molecule has 0 saturated heterocycles. The summed E-state index contributed by atoms with van der Waals surface area (Å²) in [5, 5.41) is 42.8. The number of anilines is 11. The molecule has 0 aliphatic carbocycles. The van der Waals surface area contributed by atoms with E-state index in [9.17, 15) is 32.3 Å². The highest BCUT2D eigenvalue weighted by Crippen LogP contribution is 2.38. The first-order chi connectivity index (χ1) is 70.0. The number of nitrogens with zero attached hydrogens (tertiary/aromatic N) is 23. The number of hydrogen-bond donors (Lipinski definition) is 7. The minimum atomic E-state index is -4.55. The van der Waals surface area contributed by atoms with Crippen molar-refractivity contribution in [3.05, 3.63) is 371 Å². The lowest BCUT2D eigenvalue weighted by Gasteiger charge is -2.14. The van der Waals surface area contributed by atoms with Gasteiger partial charge in [0.15, 0.2) is 51.7 Å². The molecule has 0 aliphatic rings. The predicted octanol–water partition coefficient (Wildman–Crippen LogP) is 20.9. The second-order valence-corrected chi connectivity index (χ2v) is 34.5. The van der Waals surface area contributed by atoms with Gasteiger partial charge in [-0.1, -0.05) is 66.7 Å². The molecule has 0 spiro atoms. The van der Waals surface area contributed by atoms with Gasteiger partial charge in [0.1, 0.15) is 35.3 Å². The number of aryl methyl sites for hydroxylation is 12. The van der Waals surface area contributed by atoms with Crippen molar-refractivity contribution in [2.24, 2.45) is 28.2 Å². The van der Waals surface area contributed by atoms with Crippen molar-refractivity contribution in [1.29, 1.82) is 0 Å². The van der Waals surface area contributed by atoms with Crippen molar-refractivity contribution in [1.82, 2.24) is 113 Å². The largest absolute Gasteiger partial charge is 0.416 e. The lowest BCUT2D eigenvalue weighted by molar-refractivity contribution is -0.137. The summed E-state index contributed by atoms with van der Waals surface area (Å²) in [7, 11) is 7.28. The van der Waals surface area contributed by atoms with Crippen LogP contribution in [0.5, 0.6) is 0 Å². The fourth-order valence-corrected chi connectivity index (χ4v) is 15.7. The monoisotopic (exact) mass is 1930 g/mol. The molecule has 0 bridgehead atoms. The van der Waals surface area contributed by atoms with E-state index in [0.29, 0.717) is 119 Å². The molecule has 34 nitrogen and oxygen atoms in total. The quantitative estimate of drug-likeness (QED) is 0.0310. The van der Waals surface area contributed by atoms with Gasteiger partial charge in [0.05, 0.1) is 57.5 Å². The van der Waals surface area contributed by atoms with E-state index in [0.717, 1.165) is 118 Å². The zero-order valence-electron chi connectivity index (χ0n) is 80.5. The minimum absolute atomic E-state index is 0.182. The number of fused-ring (bicyclic) bond motifs is 4. The van der Waals surface area contributed by atoms with Gasteiger partial charge in [-0.3, -0.25) is 52.9 Å². The Morgan fingerprint density at radius 2 is 0.772 bits per heavy atom. The van der Waals surface area contributed by atoms with Gasteiger partial charge in [0.25, 0.3) is 17.7 Å². The number of benzene rings is 8. The van der Waals surface area contributed by atoms with Gasteiger partial charge in [0.2, 0.25) is 0 Å². The Balaban J connectivity index is 0.000000128. The fourth-order valence-electron chi connectivity index (χ4n) is 15.7. The topological polar surface area (TPSA) is 409 Å². The maximum atomic E-state index is 13.8. The van der Waals surface area contributed by atoms with Crippen molar-refractivity contribution < 1.29 is 32.3 Å². The van der Waals surface area contributed by atoms with E-state index < -0.39 is 11.7 Å². The van der Waals surface area contributed by atoms with Crippen LogP contribution in [0.15, 0.2) is 293 Å². The first kappa shape index (κ1) is 96.1. The van der Waals surface area contributed by atoms with Crippen LogP contribution in [0.25, 0.3) is 95.5 Å². The molecule has 720 valence electrons. The van der Waals surface area contributed by atoms with Crippen molar-refractivity contribution in [2.45, 2.75) is 68.0 Å². The fraction of sp³-hybridized carbons (Fsp3) is 0.130. The molecule has 0 radical (unpaired) electrons. The van der Waals surface area contributed by atoms with Crippen LogP contribution < -0.4 is 37.2 Å². The highest BCUT2D eigenvalue weighted by atomic mass is 19.4. The number of alkyl halides is 3. The van der Waals surface area contributed by atoms with Crippen LogP contribution in [0.3, 0.4) is 0 Å². The predicted molar refractivity (Wildman–Crippen MR) is 553 cm³/mol. The number of rotatable bonds is 22. The van der Waals surface area contributed by atoms with E-state index in [2.05, 4.69) is 107 Å². The third kappa shape index (κ3) is 22.6. The maximum absolute atomic E-state index is 13.8. The van der Waals surface area contributed by atoms with E-state index in [1.54, 1.807) is 160 Å². The molecule has 21 rings (SSSR count). The number of carbonyl (C=O) groups excluding carboxylic acids is 4. The summed E-state index contributed by atoms with van der Waals surface area (Å²) in [6.45, 7) is 15.6. The molecule has 0 saturated carbocycles. The van der Waals surface area contributed by atoms with Crippen molar-refractivity contribution in [2.75, 3.05) is 37.2 Å². The summed E-state index contributed by atoms with van der Waals surface area (Å²) in [6.07, 6.45) is 22.0. The Morgan fingerprint density at radius 1 is 0.359 bits per heavy atom. The van der Waals surface area contributed by atoms with Gasteiger partial charge < -0.3 is 41.8 Å². The molecule has 0 fully saturated rings. The van der Waals surface area contributed by atoms with Gasteiger partial charge in [-0.25, -0.2) is 54.8 Å². The second kappa shape index (κ2) is 41.8. The van der Waals surface area contributed by atoms with Crippen LogP contribution in [-0.4, -0.2) is 137 Å². The Kier molecular flexibility index (Phi) is 27.7. The number of hydrogen-bond acceptors (Lipinski definition) is 26. The van der Waals surface area contributed by atoms with Gasteiger partial charge in [-0.2, -0.15) is 33.6 Å². The lowest BCUT2D eigenvalue weighted by Crippen LogP contribution is -2.12. The van der Waals surface area contributed by atoms with E-state index in [4.69, 9.17) is 19.9 Å². The van der Waals surface area contributed by atoms with Gasteiger partial charge in [-0.05, 0) is 233 Å². The third-order valence-electron chi connectivity index (χ3n) is 23.4. The summed E-state index contributed by atoms with van der Waals surface area (Å²) >= 11 is 0. The summed E-state index contributed by atoms with van der Waals surface area (Å²) in [5.41, 5.74) is 20.1. The van der Waals surface area contributed by atoms with Crippen LogP contribution in [0.1, 0.15) is 97.1 Å². The standard InChI is InChI=1S/C32H26F3N7O.C26H23N7O.2C25H22N8O/c1-19-8-10-42(18-19)25-12-21(11-24(15-25)32(33,34)35)13-28(43)22-7-6-20(2)27(14-22)38-30-26-17-37-41(3)31(26)40-29(39-30)23-5-4-9-36-16-23;1-16-6-4-8-20(12-16)29-26(34)18-10-9-17(2)22(13-18)30-24-21-15-28-33(3)25(21)32-23(31-24)19-7-5-11-27-14-19;1-15-5-4-6-19(9-15)29-25(34)17-8-7-16(2)21(10-17)30-23-20-13-28-33(3)24(20)32-22(31-23)18-11-26-14-27-12-18;1-15-5-4-6-18(11-15)28-25(34)17-8-7-16(2)20(12-17)29-22-19-14-33(3)32-23(19)31-24(30-22)21-13-26-9-10-27-21/h4-12,14-18H,13H2,1-3H3,(H,38,39,40);4-15H,1-3H3,(H,29,34)(H,30,31,32);4-14H,1-3H3,(H,29,34)(H,30,31,32);4-14H,1-3H3,(H,28,34)(H,29,30,31,32). The van der Waals surface area contributed by atoms with Gasteiger partial charge in [0, 0.05) is 182 Å². The number of carbonyl (C=O) groups is 4. The molecule has 0 aliphatic heterocycles. The summed E-state index contributed by atoms with van der Waals surface area (Å²) in [5.74, 6) is 3.25. The van der Waals surface area contributed by atoms with E-state index in [1.807, 2.05) is 222 Å². The van der Waals surface area contributed by atoms with Gasteiger partial charge in [-0.15, -0.1) is 0 Å². The van der Waals surface area contributed by atoms with Gasteiger partial charge >= 0.3 is 6.18 Å². The average Bonchev–Trinajstić information content (AvgIpc) is 1.68. The second-order valence-electron chi connectivity index (χ2n) is 34.5. The summed E-state index contributed by atoms with van der Waals surface area (Å²) in [6, 6.07) is 57.8. The molecule has 0 unspecified atom stereocenters. The van der Waals surface area contributed by atoms with Crippen LogP contribution in [-0.2, 0) is 40.8 Å².